The lowest BCUT2D eigenvalue weighted by Gasteiger charge is -2.07. The lowest BCUT2D eigenvalue weighted by molar-refractivity contribution is -0.134. The molecule has 0 saturated carbocycles. The Morgan fingerprint density at radius 2 is 1.95 bits per heavy atom. The minimum Gasteiger partial charge on any atom is -0.427 e. The minimum absolute atomic E-state index is 0.217. The zero-order valence-electron chi connectivity index (χ0n) is 11.9. The fourth-order valence-electron chi connectivity index (χ4n) is 1.88. The predicted molar refractivity (Wildman–Crippen MR) is 78.7 cm³/mol. The van der Waals surface area contributed by atoms with Crippen LogP contribution in [0, 0.1) is 0 Å². The maximum absolute atomic E-state index is 11.8. The van der Waals surface area contributed by atoms with Crippen molar-refractivity contribution in [2.24, 2.45) is 0 Å². The molecule has 0 spiro atoms. The molecule has 3 heteroatoms. The molecule has 0 aliphatic heterocycles. The molecule has 1 heterocycles. The molecule has 1 aromatic heterocycles. The number of benzene rings is 1. The second kappa shape index (κ2) is 6.85. The Bertz CT molecular complexity index is 564. The first kappa shape index (κ1) is 14.3. The number of aromatic nitrogens is 1. The molecule has 1 aromatic carbocycles. The first-order valence-electron chi connectivity index (χ1n) is 6.84. The number of esters is 1. The smallest absolute Gasteiger partial charge is 0.311 e. The highest BCUT2D eigenvalue weighted by molar-refractivity contribution is 5.72. The highest BCUT2D eigenvalue weighted by Gasteiger charge is 2.07. The molecule has 0 N–H and O–H groups in total. The van der Waals surface area contributed by atoms with Crippen LogP contribution in [0.5, 0.6) is 5.75 Å². The molecule has 3 nitrogen and oxygen atoms in total. The van der Waals surface area contributed by atoms with E-state index in [0.717, 1.165) is 5.56 Å². The lowest BCUT2D eigenvalue weighted by atomic mass is 10.0. The number of nitrogens with zero attached hydrogens (tertiary/aromatic N) is 1. The van der Waals surface area contributed by atoms with Gasteiger partial charge in [0.05, 0.1) is 6.42 Å². The van der Waals surface area contributed by atoms with Gasteiger partial charge in [-0.2, -0.15) is 0 Å². The van der Waals surface area contributed by atoms with Crippen LogP contribution in [0.25, 0.3) is 0 Å². The Balaban J connectivity index is 1.89. The molecule has 20 heavy (non-hydrogen) atoms. The van der Waals surface area contributed by atoms with Crippen molar-refractivity contribution < 1.29 is 9.53 Å². The van der Waals surface area contributed by atoms with E-state index in [2.05, 4.69) is 24.9 Å². The molecule has 0 fully saturated rings. The molecule has 0 atom stereocenters. The molecule has 2 rings (SSSR count). The van der Waals surface area contributed by atoms with Crippen LogP contribution in [0.4, 0.5) is 0 Å². The summed E-state index contributed by atoms with van der Waals surface area (Å²) in [6, 6.07) is 11.2. The van der Waals surface area contributed by atoms with E-state index in [1.54, 1.807) is 12.1 Å². The number of hydrogen-bond donors (Lipinski definition) is 0. The van der Waals surface area contributed by atoms with Crippen molar-refractivity contribution in [2.45, 2.75) is 32.6 Å². The Kier molecular flexibility index (Phi) is 4.88. The summed E-state index contributed by atoms with van der Waals surface area (Å²) >= 11 is 0. The van der Waals surface area contributed by atoms with Gasteiger partial charge in [-0.1, -0.05) is 38.1 Å². The first-order valence-corrected chi connectivity index (χ1v) is 6.84. The first-order chi connectivity index (χ1) is 9.65. The number of hydrogen-bond acceptors (Lipinski definition) is 3. The van der Waals surface area contributed by atoms with Crippen LogP contribution in [0.15, 0.2) is 48.8 Å². The van der Waals surface area contributed by atoms with E-state index in [9.17, 15) is 4.79 Å². The molecular formula is C17H19NO2. The van der Waals surface area contributed by atoms with E-state index >= 15 is 0 Å². The summed E-state index contributed by atoms with van der Waals surface area (Å²) in [4.78, 5) is 16.0. The summed E-state index contributed by atoms with van der Waals surface area (Å²) in [5, 5.41) is 0. The Labute approximate surface area is 119 Å². The van der Waals surface area contributed by atoms with Crippen molar-refractivity contribution >= 4 is 5.97 Å². The summed E-state index contributed by atoms with van der Waals surface area (Å²) in [5.74, 6) is 0.816. The quantitative estimate of drug-likeness (QED) is 0.613. The van der Waals surface area contributed by atoms with Gasteiger partial charge >= 0.3 is 5.97 Å². The minimum atomic E-state index is -0.217. The molecule has 2 aromatic rings. The van der Waals surface area contributed by atoms with Crippen LogP contribution in [-0.4, -0.2) is 11.0 Å². The van der Waals surface area contributed by atoms with Crippen LogP contribution >= 0.6 is 0 Å². The standard InChI is InChI=1S/C17H19NO2/c1-13(2)15-10-14(11-18-12-15)8-9-17(19)20-16-6-4-3-5-7-16/h3-7,10-13H,8-9H2,1-2H3. The van der Waals surface area contributed by atoms with E-state index in [1.807, 2.05) is 30.6 Å². The number of carbonyl (C=O) groups excluding carboxylic acids is 1. The van der Waals surface area contributed by atoms with Gasteiger partial charge in [-0.15, -0.1) is 0 Å². The largest absolute Gasteiger partial charge is 0.427 e. The predicted octanol–water partition coefficient (Wildman–Crippen LogP) is 3.74. The van der Waals surface area contributed by atoms with Crippen molar-refractivity contribution in [1.82, 2.24) is 4.98 Å². The van der Waals surface area contributed by atoms with Crippen LogP contribution in [0.3, 0.4) is 0 Å². The summed E-state index contributed by atoms with van der Waals surface area (Å²) in [5.41, 5.74) is 2.26. The van der Waals surface area contributed by atoms with Gasteiger partial charge in [-0.3, -0.25) is 9.78 Å². The monoisotopic (exact) mass is 269 g/mol. The Hall–Kier alpha value is -2.16. The molecular weight excluding hydrogens is 250 g/mol. The topological polar surface area (TPSA) is 39.2 Å². The van der Waals surface area contributed by atoms with E-state index in [-0.39, 0.29) is 5.97 Å². The SMILES string of the molecule is CC(C)c1cncc(CCC(=O)Oc2ccccc2)c1. The molecule has 0 unspecified atom stereocenters. The van der Waals surface area contributed by atoms with Crippen LogP contribution in [-0.2, 0) is 11.2 Å². The van der Waals surface area contributed by atoms with Crippen molar-refractivity contribution in [3.63, 3.8) is 0 Å². The maximum Gasteiger partial charge on any atom is 0.311 e. The highest BCUT2D eigenvalue weighted by Crippen LogP contribution is 2.15. The van der Waals surface area contributed by atoms with Crippen LogP contribution < -0.4 is 4.74 Å². The average Bonchev–Trinajstić information content (AvgIpc) is 2.46. The summed E-state index contributed by atoms with van der Waals surface area (Å²) in [6.07, 6.45) is 4.69. The van der Waals surface area contributed by atoms with E-state index < -0.39 is 0 Å². The lowest BCUT2D eigenvalue weighted by Crippen LogP contribution is -2.09. The van der Waals surface area contributed by atoms with Crippen molar-refractivity contribution in [1.29, 1.82) is 0 Å². The number of pyridine rings is 1. The average molecular weight is 269 g/mol. The van der Waals surface area contributed by atoms with Gasteiger partial charge in [0.25, 0.3) is 0 Å². The van der Waals surface area contributed by atoms with Gasteiger partial charge < -0.3 is 4.74 Å². The molecule has 0 aliphatic carbocycles. The number of rotatable bonds is 5. The van der Waals surface area contributed by atoms with Gasteiger partial charge in [0, 0.05) is 12.4 Å². The molecule has 104 valence electrons. The van der Waals surface area contributed by atoms with E-state index in [4.69, 9.17) is 4.74 Å². The second-order valence-corrected chi connectivity index (χ2v) is 5.07. The Morgan fingerprint density at radius 1 is 1.20 bits per heavy atom. The summed E-state index contributed by atoms with van der Waals surface area (Å²) in [6.45, 7) is 4.26. The normalized spacial score (nSPS) is 10.6. The van der Waals surface area contributed by atoms with E-state index in [1.165, 1.54) is 5.56 Å². The second-order valence-electron chi connectivity index (χ2n) is 5.07. The zero-order chi connectivity index (χ0) is 14.4. The van der Waals surface area contributed by atoms with Crippen molar-refractivity contribution in [2.75, 3.05) is 0 Å². The van der Waals surface area contributed by atoms with E-state index in [0.29, 0.717) is 24.5 Å². The third-order valence-electron chi connectivity index (χ3n) is 3.08. The third kappa shape index (κ3) is 4.19. The Morgan fingerprint density at radius 3 is 2.65 bits per heavy atom. The number of carbonyl (C=O) groups is 1. The highest BCUT2D eigenvalue weighted by atomic mass is 16.5. The van der Waals surface area contributed by atoms with Crippen LogP contribution in [0.2, 0.25) is 0 Å². The van der Waals surface area contributed by atoms with Gasteiger partial charge in [0.15, 0.2) is 0 Å². The van der Waals surface area contributed by atoms with Gasteiger partial charge in [0.2, 0.25) is 0 Å². The fraction of sp³-hybridized carbons (Fsp3) is 0.294. The number of aryl methyl sites for hydroxylation is 1. The molecule has 0 aliphatic rings. The zero-order valence-corrected chi connectivity index (χ0v) is 11.9. The van der Waals surface area contributed by atoms with Crippen LogP contribution in [0.1, 0.15) is 37.3 Å². The van der Waals surface area contributed by atoms with Gasteiger partial charge in [-0.25, -0.2) is 0 Å². The number of ether oxygens (including phenoxy) is 1. The third-order valence-corrected chi connectivity index (χ3v) is 3.08. The molecule has 0 radical (unpaired) electrons. The number of para-hydroxylation sites is 1. The fourth-order valence-corrected chi connectivity index (χ4v) is 1.88. The van der Waals surface area contributed by atoms with Gasteiger partial charge in [-0.05, 0) is 35.6 Å². The van der Waals surface area contributed by atoms with Crippen molar-refractivity contribution in [3.05, 3.63) is 59.9 Å². The van der Waals surface area contributed by atoms with Gasteiger partial charge in [0.1, 0.15) is 5.75 Å². The summed E-state index contributed by atoms with van der Waals surface area (Å²) in [7, 11) is 0. The molecule has 0 bridgehead atoms. The maximum atomic E-state index is 11.8. The van der Waals surface area contributed by atoms with Crippen molar-refractivity contribution in [3.8, 4) is 5.75 Å². The summed E-state index contributed by atoms with van der Waals surface area (Å²) < 4.78 is 5.25. The molecule has 0 amide bonds. The molecule has 0 saturated heterocycles.